The van der Waals surface area contributed by atoms with Crippen LogP contribution in [0.1, 0.15) is 16.2 Å². The number of aromatic nitrogens is 2. The van der Waals surface area contributed by atoms with Gasteiger partial charge in [0.2, 0.25) is 0 Å². The monoisotopic (exact) mass is 322 g/mol. The fraction of sp³-hybridized carbons (Fsp3) is 0.111. The number of aryl methyl sites for hydroxylation is 1. The molecule has 0 bridgehead atoms. The van der Waals surface area contributed by atoms with Crippen LogP contribution in [0.5, 0.6) is 11.5 Å². The van der Waals surface area contributed by atoms with Gasteiger partial charge in [-0.3, -0.25) is 4.79 Å². The lowest BCUT2D eigenvalue weighted by molar-refractivity contribution is 0.0998. The fourth-order valence-corrected chi connectivity index (χ4v) is 2.30. The van der Waals surface area contributed by atoms with Crippen molar-refractivity contribution in [3.05, 3.63) is 72.3 Å². The van der Waals surface area contributed by atoms with Crippen LogP contribution in [-0.4, -0.2) is 15.5 Å². The molecule has 0 spiro atoms. The molecular weight excluding hydrogens is 304 g/mol. The third kappa shape index (κ3) is 3.55. The second-order valence-corrected chi connectivity index (χ2v) is 5.30. The van der Waals surface area contributed by atoms with Crippen LogP contribution in [0, 0.1) is 0 Å². The molecule has 122 valence electrons. The summed E-state index contributed by atoms with van der Waals surface area (Å²) in [6.07, 6.45) is 3.66. The van der Waals surface area contributed by atoms with Crippen molar-refractivity contribution >= 4 is 11.6 Å². The molecule has 0 atom stereocenters. The minimum absolute atomic E-state index is 0.351. The van der Waals surface area contributed by atoms with E-state index in [0.29, 0.717) is 23.6 Å². The molecule has 3 aromatic rings. The maximum atomic E-state index is 11.5. The first-order chi connectivity index (χ1) is 11.6. The van der Waals surface area contributed by atoms with Crippen LogP contribution in [-0.2, 0) is 13.6 Å². The van der Waals surface area contributed by atoms with Gasteiger partial charge in [0.15, 0.2) is 0 Å². The Kier molecular flexibility index (Phi) is 4.47. The summed E-state index contributed by atoms with van der Waals surface area (Å²) in [5.74, 6) is 1.47. The number of para-hydroxylation sites is 1. The molecule has 6 nitrogen and oxygen atoms in total. The van der Waals surface area contributed by atoms with Gasteiger partial charge >= 0.3 is 0 Å². The number of carbonyl (C=O) groups excluding carboxylic acids is 1. The van der Waals surface area contributed by atoms with Crippen molar-refractivity contribution in [3.63, 3.8) is 0 Å². The highest BCUT2D eigenvalue weighted by molar-refractivity contribution is 5.95. The van der Waals surface area contributed by atoms with Gasteiger partial charge in [0.25, 0.3) is 5.91 Å². The smallest absolute Gasteiger partial charge is 0.252 e. The Morgan fingerprint density at radius 2 is 2.08 bits per heavy atom. The molecule has 1 amide bonds. The zero-order chi connectivity index (χ0) is 16.9. The first-order valence-corrected chi connectivity index (χ1v) is 7.50. The summed E-state index contributed by atoms with van der Waals surface area (Å²) in [6.45, 7) is 0.602. The van der Waals surface area contributed by atoms with E-state index in [-0.39, 0.29) is 0 Å². The quantitative estimate of drug-likeness (QED) is 0.731. The van der Waals surface area contributed by atoms with Gasteiger partial charge in [0.05, 0.1) is 12.1 Å². The maximum absolute atomic E-state index is 11.5. The number of hydrogen-bond acceptors (Lipinski definition) is 4. The van der Waals surface area contributed by atoms with Crippen molar-refractivity contribution < 1.29 is 9.53 Å². The van der Waals surface area contributed by atoms with E-state index in [9.17, 15) is 4.79 Å². The summed E-state index contributed by atoms with van der Waals surface area (Å²) in [6, 6.07) is 14.4. The Bertz CT molecular complexity index is 857. The molecule has 6 heteroatoms. The van der Waals surface area contributed by atoms with Crippen molar-refractivity contribution in [2.75, 3.05) is 5.32 Å². The molecule has 0 fully saturated rings. The lowest BCUT2D eigenvalue weighted by Gasteiger charge is -2.11. The third-order valence-corrected chi connectivity index (χ3v) is 3.59. The van der Waals surface area contributed by atoms with E-state index >= 15 is 0 Å². The Morgan fingerprint density at radius 1 is 1.25 bits per heavy atom. The maximum Gasteiger partial charge on any atom is 0.252 e. The normalized spacial score (nSPS) is 10.4. The molecule has 1 heterocycles. The number of rotatable bonds is 6. The van der Waals surface area contributed by atoms with Gasteiger partial charge < -0.3 is 20.4 Å². The van der Waals surface area contributed by atoms with Gasteiger partial charge in [-0.1, -0.05) is 18.2 Å². The summed E-state index contributed by atoms with van der Waals surface area (Å²) in [4.78, 5) is 15.7. The number of nitrogens with one attached hydrogen (secondary N) is 1. The Labute approximate surface area is 139 Å². The van der Waals surface area contributed by atoms with Crippen LogP contribution in [0.15, 0.2) is 60.9 Å². The molecule has 0 aliphatic heterocycles. The van der Waals surface area contributed by atoms with Crippen molar-refractivity contribution in [2.45, 2.75) is 6.54 Å². The lowest BCUT2D eigenvalue weighted by atomic mass is 10.2. The third-order valence-electron chi connectivity index (χ3n) is 3.59. The first-order valence-electron chi connectivity index (χ1n) is 7.50. The van der Waals surface area contributed by atoms with Crippen LogP contribution in [0.2, 0.25) is 0 Å². The lowest BCUT2D eigenvalue weighted by Crippen LogP contribution is -2.12. The number of primary amides is 1. The molecule has 0 aliphatic rings. The van der Waals surface area contributed by atoms with Crippen LogP contribution >= 0.6 is 0 Å². The highest BCUT2D eigenvalue weighted by atomic mass is 16.5. The molecule has 24 heavy (non-hydrogen) atoms. The summed E-state index contributed by atoms with van der Waals surface area (Å²) < 4.78 is 7.77. The predicted octanol–water partition coefficient (Wildman–Crippen LogP) is 2.92. The van der Waals surface area contributed by atoms with E-state index in [4.69, 9.17) is 10.5 Å². The molecule has 3 rings (SSSR count). The van der Waals surface area contributed by atoms with Gasteiger partial charge in [-0.05, 0) is 24.3 Å². The summed E-state index contributed by atoms with van der Waals surface area (Å²) in [7, 11) is 1.95. The fourth-order valence-electron chi connectivity index (χ4n) is 2.30. The van der Waals surface area contributed by atoms with Crippen molar-refractivity contribution in [2.24, 2.45) is 12.8 Å². The van der Waals surface area contributed by atoms with Crippen LogP contribution in [0.3, 0.4) is 0 Å². The van der Waals surface area contributed by atoms with Crippen LogP contribution in [0.4, 0.5) is 5.69 Å². The second-order valence-electron chi connectivity index (χ2n) is 5.30. The first kappa shape index (κ1) is 15.6. The molecule has 0 unspecified atom stereocenters. The molecule has 1 aromatic heterocycles. The zero-order valence-electron chi connectivity index (χ0n) is 13.3. The van der Waals surface area contributed by atoms with Gasteiger partial charge in [-0.2, -0.15) is 0 Å². The Morgan fingerprint density at radius 3 is 2.83 bits per heavy atom. The standard InChI is InChI=1S/C18H18N4O2/c1-22-10-9-20-17(22)12-21-13-5-4-6-14(11-13)24-16-8-3-2-7-15(16)18(19)23/h2-11,21H,12H2,1H3,(H2,19,23). The highest BCUT2D eigenvalue weighted by Crippen LogP contribution is 2.27. The minimum atomic E-state index is -0.519. The average molecular weight is 322 g/mol. The molecule has 0 aliphatic carbocycles. The van der Waals surface area contributed by atoms with E-state index in [1.807, 2.05) is 42.1 Å². The number of ether oxygens (including phenoxy) is 1. The number of amides is 1. The van der Waals surface area contributed by atoms with Crippen molar-refractivity contribution in [1.29, 1.82) is 0 Å². The topological polar surface area (TPSA) is 82.2 Å². The van der Waals surface area contributed by atoms with Crippen LogP contribution in [0.25, 0.3) is 0 Å². The van der Waals surface area contributed by atoms with Crippen molar-refractivity contribution in [1.82, 2.24) is 9.55 Å². The van der Waals surface area contributed by atoms with Gasteiger partial charge in [-0.25, -0.2) is 4.98 Å². The average Bonchev–Trinajstić information content (AvgIpc) is 2.99. The van der Waals surface area contributed by atoms with Crippen LogP contribution < -0.4 is 15.8 Å². The van der Waals surface area contributed by atoms with E-state index < -0.39 is 5.91 Å². The Hall–Kier alpha value is -3.28. The largest absolute Gasteiger partial charge is 0.456 e. The van der Waals surface area contributed by atoms with E-state index in [0.717, 1.165) is 11.5 Å². The SMILES string of the molecule is Cn1ccnc1CNc1cccc(Oc2ccccc2C(N)=O)c1. The Balaban J connectivity index is 1.74. The molecule has 0 saturated carbocycles. The van der Waals surface area contributed by atoms with E-state index in [1.165, 1.54) is 0 Å². The molecule has 0 saturated heterocycles. The van der Waals surface area contributed by atoms with Gasteiger partial charge in [-0.15, -0.1) is 0 Å². The summed E-state index contributed by atoms with van der Waals surface area (Å²) in [5.41, 5.74) is 6.62. The second kappa shape index (κ2) is 6.87. The number of nitrogens with zero attached hydrogens (tertiary/aromatic N) is 2. The molecule has 2 aromatic carbocycles. The highest BCUT2D eigenvalue weighted by Gasteiger charge is 2.09. The number of nitrogens with two attached hydrogens (primary N) is 1. The molecular formula is C18H18N4O2. The minimum Gasteiger partial charge on any atom is -0.456 e. The number of benzene rings is 2. The van der Waals surface area contributed by atoms with E-state index in [2.05, 4.69) is 10.3 Å². The number of imidazole rings is 1. The van der Waals surface area contributed by atoms with E-state index in [1.54, 1.807) is 30.5 Å². The number of hydrogen-bond donors (Lipinski definition) is 2. The number of carbonyl (C=O) groups is 1. The molecule has 3 N–H and O–H groups in total. The summed E-state index contributed by atoms with van der Waals surface area (Å²) in [5, 5.41) is 3.30. The number of anilines is 1. The van der Waals surface area contributed by atoms with Gasteiger partial charge in [0.1, 0.15) is 17.3 Å². The summed E-state index contributed by atoms with van der Waals surface area (Å²) >= 11 is 0. The zero-order valence-corrected chi connectivity index (χ0v) is 13.3. The molecule has 0 radical (unpaired) electrons. The predicted molar refractivity (Wildman–Crippen MR) is 92.0 cm³/mol. The van der Waals surface area contributed by atoms with Gasteiger partial charge in [0, 0.05) is 31.2 Å². The van der Waals surface area contributed by atoms with Crippen molar-refractivity contribution in [3.8, 4) is 11.5 Å².